The van der Waals surface area contributed by atoms with Gasteiger partial charge in [-0.05, 0) is 62.1 Å². The van der Waals surface area contributed by atoms with E-state index in [-0.39, 0.29) is 17.7 Å². The standard InChI is InChI=1S/C23H28N2O2/c1-17(26)16-22(18-8-4-2-5-9-18)24-21-14-12-19(13-15-21)23(27)25-20-10-6-3-7-11-20/h3,6-7,10-15,18,22,24H,2,4-5,8-9,16H2,1H3,(H,25,27)/t22-/m0/s1. The molecule has 142 valence electrons. The monoisotopic (exact) mass is 364 g/mol. The number of benzene rings is 2. The highest BCUT2D eigenvalue weighted by molar-refractivity contribution is 6.04. The number of nitrogens with one attached hydrogen (secondary N) is 2. The molecule has 0 heterocycles. The third kappa shape index (κ3) is 5.68. The number of carbonyl (C=O) groups excluding carboxylic acids is 2. The van der Waals surface area contributed by atoms with Gasteiger partial charge in [0.05, 0.1) is 0 Å². The van der Waals surface area contributed by atoms with Crippen LogP contribution in [0.4, 0.5) is 11.4 Å². The van der Waals surface area contributed by atoms with Gasteiger partial charge in [0.15, 0.2) is 0 Å². The van der Waals surface area contributed by atoms with E-state index in [0.29, 0.717) is 17.9 Å². The summed E-state index contributed by atoms with van der Waals surface area (Å²) in [5, 5.41) is 6.44. The fourth-order valence-electron chi connectivity index (χ4n) is 3.84. The van der Waals surface area contributed by atoms with E-state index >= 15 is 0 Å². The maximum absolute atomic E-state index is 12.4. The Morgan fingerprint density at radius 3 is 2.22 bits per heavy atom. The first-order valence-electron chi connectivity index (χ1n) is 9.84. The number of hydrogen-bond donors (Lipinski definition) is 2. The van der Waals surface area contributed by atoms with Crippen molar-refractivity contribution in [1.82, 2.24) is 0 Å². The Balaban J connectivity index is 1.64. The molecular formula is C23H28N2O2. The lowest BCUT2D eigenvalue weighted by Crippen LogP contribution is -2.32. The van der Waals surface area contributed by atoms with Gasteiger partial charge in [0.1, 0.15) is 5.78 Å². The zero-order chi connectivity index (χ0) is 19.1. The van der Waals surface area contributed by atoms with Crippen LogP contribution < -0.4 is 10.6 Å². The number of amides is 1. The highest BCUT2D eigenvalue weighted by Gasteiger charge is 2.24. The molecule has 1 aliphatic carbocycles. The summed E-state index contributed by atoms with van der Waals surface area (Å²) in [5.41, 5.74) is 2.36. The molecule has 3 rings (SSSR count). The molecule has 1 fully saturated rings. The summed E-state index contributed by atoms with van der Waals surface area (Å²) in [6, 6.07) is 17.1. The van der Waals surface area contributed by atoms with E-state index in [1.54, 1.807) is 6.92 Å². The molecule has 2 aromatic rings. The van der Waals surface area contributed by atoms with Gasteiger partial charge in [-0.15, -0.1) is 0 Å². The third-order valence-corrected chi connectivity index (χ3v) is 5.26. The van der Waals surface area contributed by atoms with Crippen LogP contribution in [0, 0.1) is 5.92 Å². The van der Waals surface area contributed by atoms with Gasteiger partial charge in [-0.1, -0.05) is 37.5 Å². The Morgan fingerprint density at radius 2 is 1.59 bits per heavy atom. The molecule has 0 unspecified atom stereocenters. The lowest BCUT2D eigenvalue weighted by Gasteiger charge is -2.31. The highest BCUT2D eigenvalue weighted by Crippen LogP contribution is 2.30. The summed E-state index contributed by atoms with van der Waals surface area (Å²) in [4.78, 5) is 24.1. The second-order valence-electron chi connectivity index (χ2n) is 7.45. The third-order valence-electron chi connectivity index (χ3n) is 5.26. The maximum atomic E-state index is 12.4. The molecule has 0 bridgehead atoms. The van der Waals surface area contributed by atoms with E-state index in [2.05, 4.69) is 10.6 Å². The smallest absolute Gasteiger partial charge is 0.255 e. The van der Waals surface area contributed by atoms with Crippen molar-refractivity contribution in [2.75, 3.05) is 10.6 Å². The van der Waals surface area contributed by atoms with Crippen LogP contribution in [-0.2, 0) is 4.79 Å². The molecule has 1 atom stereocenters. The zero-order valence-corrected chi connectivity index (χ0v) is 15.9. The Hall–Kier alpha value is -2.62. The van der Waals surface area contributed by atoms with Gasteiger partial charge in [-0.25, -0.2) is 0 Å². The van der Waals surface area contributed by atoms with Crippen LogP contribution in [0.25, 0.3) is 0 Å². The van der Waals surface area contributed by atoms with E-state index in [1.807, 2.05) is 54.6 Å². The van der Waals surface area contributed by atoms with Crippen molar-refractivity contribution in [1.29, 1.82) is 0 Å². The summed E-state index contributed by atoms with van der Waals surface area (Å²) < 4.78 is 0. The Kier molecular flexibility index (Phi) is 6.64. The van der Waals surface area contributed by atoms with E-state index in [4.69, 9.17) is 0 Å². The van der Waals surface area contributed by atoms with Crippen LogP contribution in [0.15, 0.2) is 54.6 Å². The minimum absolute atomic E-state index is 0.125. The molecule has 0 spiro atoms. The SMILES string of the molecule is CC(=O)C[C@H](Nc1ccc(C(=O)Nc2ccccc2)cc1)C1CCCCC1. The topological polar surface area (TPSA) is 58.2 Å². The molecule has 2 aromatic carbocycles. The summed E-state index contributed by atoms with van der Waals surface area (Å²) in [5.74, 6) is 0.640. The summed E-state index contributed by atoms with van der Waals surface area (Å²) in [6.45, 7) is 1.66. The predicted molar refractivity (Wildman–Crippen MR) is 110 cm³/mol. The van der Waals surface area contributed by atoms with Crippen LogP contribution in [0.2, 0.25) is 0 Å². The van der Waals surface area contributed by atoms with E-state index < -0.39 is 0 Å². The van der Waals surface area contributed by atoms with Gasteiger partial charge >= 0.3 is 0 Å². The van der Waals surface area contributed by atoms with Gasteiger partial charge < -0.3 is 10.6 Å². The lowest BCUT2D eigenvalue weighted by molar-refractivity contribution is -0.117. The maximum Gasteiger partial charge on any atom is 0.255 e. The molecule has 0 aromatic heterocycles. The summed E-state index contributed by atoms with van der Waals surface area (Å²) >= 11 is 0. The van der Waals surface area contributed by atoms with Crippen molar-refractivity contribution in [2.45, 2.75) is 51.5 Å². The molecule has 1 aliphatic rings. The van der Waals surface area contributed by atoms with Crippen molar-refractivity contribution in [2.24, 2.45) is 5.92 Å². The predicted octanol–water partition coefficient (Wildman–Crippen LogP) is 5.28. The molecular weight excluding hydrogens is 336 g/mol. The zero-order valence-electron chi connectivity index (χ0n) is 15.9. The fraction of sp³-hybridized carbons (Fsp3) is 0.391. The second kappa shape index (κ2) is 9.36. The lowest BCUT2D eigenvalue weighted by atomic mass is 9.82. The quantitative estimate of drug-likeness (QED) is 0.703. The normalized spacial score (nSPS) is 15.7. The molecule has 0 radical (unpaired) electrons. The number of ketones is 1. The van der Waals surface area contributed by atoms with Crippen molar-refractivity contribution >= 4 is 23.1 Å². The van der Waals surface area contributed by atoms with Gasteiger partial charge in [0.2, 0.25) is 0 Å². The first kappa shape index (κ1) is 19.2. The fourth-order valence-corrected chi connectivity index (χ4v) is 3.84. The molecule has 0 aliphatic heterocycles. The van der Waals surface area contributed by atoms with Crippen LogP contribution in [-0.4, -0.2) is 17.7 Å². The number of hydrogen-bond acceptors (Lipinski definition) is 3. The molecule has 4 heteroatoms. The number of Topliss-reactive ketones (excluding diaryl/α,β-unsaturated/α-hetero) is 1. The molecule has 1 saturated carbocycles. The minimum atomic E-state index is -0.125. The Bertz CT molecular complexity index is 750. The van der Waals surface area contributed by atoms with Crippen LogP contribution >= 0.6 is 0 Å². The first-order chi connectivity index (χ1) is 13.1. The first-order valence-corrected chi connectivity index (χ1v) is 9.84. The Labute approximate surface area is 161 Å². The summed E-state index contributed by atoms with van der Waals surface area (Å²) in [6.07, 6.45) is 6.72. The van der Waals surface area contributed by atoms with Crippen molar-refractivity contribution < 1.29 is 9.59 Å². The Morgan fingerprint density at radius 1 is 0.926 bits per heavy atom. The van der Waals surface area contributed by atoms with Gasteiger partial charge in [-0.2, -0.15) is 0 Å². The van der Waals surface area contributed by atoms with E-state index in [9.17, 15) is 9.59 Å². The average molecular weight is 364 g/mol. The molecule has 1 amide bonds. The molecule has 2 N–H and O–H groups in total. The van der Waals surface area contributed by atoms with Crippen LogP contribution in [0.1, 0.15) is 55.8 Å². The average Bonchev–Trinajstić information content (AvgIpc) is 2.69. The largest absolute Gasteiger partial charge is 0.382 e. The molecule has 0 saturated heterocycles. The van der Waals surface area contributed by atoms with E-state index in [1.165, 1.54) is 32.1 Å². The highest BCUT2D eigenvalue weighted by atomic mass is 16.1. The minimum Gasteiger partial charge on any atom is -0.382 e. The summed E-state index contributed by atoms with van der Waals surface area (Å²) in [7, 11) is 0. The van der Waals surface area contributed by atoms with Crippen molar-refractivity contribution in [3.63, 3.8) is 0 Å². The molecule has 27 heavy (non-hydrogen) atoms. The van der Waals surface area contributed by atoms with E-state index in [0.717, 1.165) is 11.4 Å². The number of rotatable bonds is 7. The van der Waals surface area contributed by atoms with Gasteiger partial charge in [-0.3, -0.25) is 9.59 Å². The van der Waals surface area contributed by atoms with Crippen molar-refractivity contribution in [3.05, 3.63) is 60.2 Å². The van der Waals surface area contributed by atoms with Crippen LogP contribution in [0.3, 0.4) is 0 Å². The number of anilines is 2. The number of para-hydroxylation sites is 1. The van der Waals surface area contributed by atoms with Crippen LogP contribution in [0.5, 0.6) is 0 Å². The molecule has 4 nitrogen and oxygen atoms in total. The second-order valence-corrected chi connectivity index (χ2v) is 7.45. The van der Waals surface area contributed by atoms with Gasteiger partial charge in [0, 0.05) is 29.4 Å². The van der Waals surface area contributed by atoms with Gasteiger partial charge in [0.25, 0.3) is 5.91 Å². The van der Waals surface area contributed by atoms with Crippen molar-refractivity contribution in [3.8, 4) is 0 Å². The number of carbonyl (C=O) groups is 2.